The summed E-state index contributed by atoms with van der Waals surface area (Å²) in [5.41, 5.74) is 7.30. The van der Waals surface area contributed by atoms with Gasteiger partial charge in [-0.05, 0) is 201 Å². The molecule has 0 aliphatic carbocycles. The summed E-state index contributed by atoms with van der Waals surface area (Å²) in [7, 11) is 3.22. The molecule has 5 N–H and O–H groups in total. The summed E-state index contributed by atoms with van der Waals surface area (Å²) in [4.78, 5) is 72.5. The molecule has 23 heteroatoms. The van der Waals surface area contributed by atoms with Crippen molar-refractivity contribution < 1.29 is 59.0 Å². The molecule has 15 rings (SSSR count). The van der Waals surface area contributed by atoms with Crippen LogP contribution in [0.3, 0.4) is 0 Å². The summed E-state index contributed by atoms with van der Waals surface area (Å²) < 4.78 is 10.3. The Kier molecular flexibility index (Phi) is 34.7. The predicted molar refractivity (Wildman–Crippen MR) is 476 cm³/mol. The van der Waals surface area contributed by atoms with Gasteiger partial charge in [-0.2, -0.15) is 0 Å². The van der Waals surface area contributed by atoms with Crippen molar-refractivity contribution in [2.75, 3.05) is 79.7 Å². The molecule has 0 radical (unpaired) electrons. The standard InChI is InChI=1S/C21H25NO4.2C19H19Cl2NO2.2C19H20ClNO2/c1-25-18-9-5-15(6-10-18)20(23)17-4-3-13-22(14-17)21(24)16-7-11-19(26-2)12-8-16;20-16-9-8-14(11-17(16)21)18(23)15-7-4-10-22(12-15)19(24)13-5-2-1-3-6-13;20-16-9-8-14(11-17(16)21)19(24)22-10-4-7-15(12-22)18(23)13-5-2-1-3-6-13;20-17-10-4-8-15(12-17)19(23)21-11-5-9-16(13-21)18(22)14-6-2-1-3-7-14;20-17-11-5-4-10-16(17)19(23)21-12-6-9-15(13-21)18(22)14-7-2-1-3-8-14/h5-12,17,20,23H,3-4,13-14H2,1-2H3;2*1-3,5-6,8-9,11,15,18,23H,4,7,10,12H2;1-4,6-8,10,12,16,18,22H,5,9,11,13H2;1-5,7-8,10-11,15,18,22H,6,9,12-13H2. The lowest BCUT2D eigenvalue weighted by Crippen LogP contribution is -2.41. The zero-order chi connectivity index (χ0) is 85.2. The molecule has 10 atom stereocenters. The van der Waals surface area contributed by atoms with E-state index in [0.717, 1.165) is 123 Å². The predicted octanol–water partition coefficient (Wildman–Crippen LogP) is 20.3. The van der Waals surface area contributed by atoms with Gasteiger partial charge in [0.05, 0.1) is 75.4 Å². The summed E-state index contributed by atoms with van der Waals surface area (Å²) in [6.07, 6.45) is 6.08. The number of hydrogen-bond donors (Lipinski definition) is 5. The topological polar surface area (TPSA) is 221 Å². The number of carbonyl (C=O) groups is 5. The first-order chi connectivity index (χ1) is 58.0. The zero-order valence-electron chi connectivity index (χ0n) is 67.3. The fourth-order valence-corrected chi connectivity index (χ4v) is 17.2. The Morgan fingerprint density at radius 1 is 0.283 bits per heavy atom. The third-order valence-electron chi connectivity index (χ3n) is 22.8. The highest BCUT2D eigenvalue weighted by molar-refractivity contribution is 6.42. The lowest BCUT2D eigenvalue weighted by atomic mass is 9.88. The first kappa shape index (κ1) is 91.4. The van der Waals surface area contributed by atoms with Crippen molar-refractivity contribution in [3.63, 3.8) is 0 Å². The molecule has 5 aliphatic rings. The van der Waals surface area contributed by atoms with Gasteiger partial charge in [0, 0.05) is 122 Å². The number of piperidine rings is 5. The number of aliphatic hydroxyl groups excluding tert-OH is 5. The Labute approximate surface area is 733 Å². The van der Waals surface area contributed by atoms with Crippen molar-refractivity contribution in [3.8, 4) is 11.5 Å². The average Bonchev–Trinajstić information content (AvgIpc) is 0.849. The van der Waals surface area contributed by atoms with Gasteiger partial charge in [0.1, 0.15) is 11.5 Å². The van der Waals surface area contributed by atoms with Crippen LogP contribution < -0.4 is 9.47 Å². The molecule has 5 aliphatic heterocycles. The Morgan fingerprint density at radius 3 is 0.950 bits per heavy atom. The van der Waals surface area contributed by atoms with E-state index in [0.29, 0.717) is 104 Å². The van der Waals surface area contributed by atoms with E-state index in [1.54, 1.807) is 116 Å². The molecule has 10 unspecified atom stereocenters. The maximum absolute atomic E-state index is 12.8. The molecule has 10 aromatic carbocycles. The van der Waals surface area contributed by atoms with Crippen LogP contribution in [0.2, 0.25) is 30.1 Å². The highest BCUT2D eigenvalue weighted by atomic mass is 35.5. The van der Waals surface area contributed by atoms with Crippen LogP contribution in [-0.2, 0) is 0 Å². The molecule has 0 bridgehead atoms. The largest absolute Gasteiger partial charge is 0.497 e. The second-order valence-electron chi connectivity index (χ2n) is 30.9. The molecule has 10 aromatic rings. The van der Waals surface area contributed by atoms with Crippen LogP contribution in [0.4, 0.5) is 0 Å². The maximum atomic E-state index is 12.8. The van der Waals surface area contributed by atoms with Crippen molar-refractivity contribution in [1.29, 1.82) is 0 Å². The SMILES string of the molecule is COc1ccc(C(=O)N2CCCC(C(O)c3ccc(OC)cc3)C2)cc1.O=C(c1ccc(Cl)c(Cl)c1)N1CCCC(C(O)c2ccccc2)C1.O=C(c1cccc(Cl)c1)N1CCCC(C(O)c2ccccc2)C1.O=C(c1ccccc1)N1CCCC(C(O)c2ccc(Cl)c(Cl)c2)C1.O=C(c1ccccc1Cl)N1CCCC(C(O)c2ccccc2)C1. The third kappa shape index (κ3) is 25.2. The van der Waals surface area contributed by atoms with Gasteiger partial charge in [-0.3, -0.25) is 24.0 Å². The summed E-state index contributed by atoms with van der Waals surface area (Å²) in [5.74, 6) is 1.54. The molecule has 0 aromatic heterocycles. The molecule has 120 heavy (non-hydrogen) atoms. The summed E-state index contributed by atoms with van der Waals surface area (Å²) in [5, 5.41) is 56.0. The molecule has 5 heterocycles. The number of likely N-dealkylation sites (tertiary alicyclic amines) is 5. The molecule has 0 spiro atoms. The minimum Gasteiger partial charge on any atom is -0.497 e. The van der Waals surface area contributed by atoms with Crippen molar-refractivity contribution >= 4 is 99.1 Å². The van der Waals surface area contributed by atoms with Gasteiger partial charge >= 0.3 is 0 Å². The number of hydrogen-bond acceptors (Lipinski definition) is 12. The average molecular weight is 1740 g/mol. The molecule has 0 saturated carbocycles. The fraction of sp³-hybridized carbons (Fsp3) is 0.330. The maximum Gasteiger partial charge on any atom is 0.255 e. The van der Waals surface area contributed by atoms with Crippen LogP contribution in [0.15, 0.2) is 255 Å². The number of rotatable bonds is 17. The van der Waals surface area contributed by atoms with Crippen LogP contribution in [0.5, 0.6) is 11.5 Å². The minimum absolute atomic E-state index is 0.000663. The van der Waals surface area contributed by atoms with Crippen LogP contribution in [0.25, 0.3) is 0 Å². The van der Waals surface area contributed by atoms with E-state index >= 15 is 0 Å². The lowest BCUT2D eigenvalue weighted by molar-refractivity contribution is 0.0394. The second-order valence-corrected chi connectivity index (χ2v) is 33.4. The van der Waals surface area contributed by atoms with Crippen LogP contribution >= 0.6 is 69.6 Å². The van der Waals surface area contributed by atoms with Gasteiger partial charge in [-0.1, -0.05) is 215 Å². The van der Waals surface area contributed by atoms with Crippen molar-refractivity contribution in [3.05, 3.63) is 341 Å². The first-order valence-electron chi connectivity index (χ1n) is 40.8. The monoisotopic (exact) mass is 1740 g/mol. The number of aliphatic hydroxyl groups is 5. The van der Waals surface area contributed by atoms with Crippen molar-refractivity contribution in [2.24, 2.45) is 29.6 Å². The number of carbonyl (C=O) groups excluding carboxylic acids is 5. The van der Waals surface area contributed by atoms with Crippen LogP contribution in [0, 0.1) is 29.6 Å². The number of benzene rings is 10. The first-order valence-corrected chi connectivity index (χ1v) is 43.1. The van der Waals surface area contributed by atoms with Crippen molar-refractivity contribution in [2.45, 2.75) is 94.7 Å². The van der Waals surface area contributed by atoms with Gasteiger partial charge in [-0.15, -0.1) is 0 Å². The number of methoxy groups -OCH3 is 2. The van der Waals surface area contributed by atoms with E-state index in [-0.39, 0.29) is 59.1 Å². The molecule has 5 fully saturated rings. The molecular formula is C97H103Cl6N5O12. The van der Waals surface area contributed by atoms with E-state index in [2.05, 4.69) is 0 Å². The Balaban J connectivity index is 0.000000147. The zero-order valence-corrected chi connectivity index (χ0v) is 71.8. The molecule has 5 saturated heterocycles. The summed E-state index contributed by atoms with van der Waals surface area (Å²) in [6.45, 7) is 6.32. The summed E-state index contributed by atoms with van der Waals surface area (Å²) in [6, 6.07) is 77.0. The highest BCUT2D eigenvalue weighted by Gasteiger charge is 2.36. The van der Waals surface area contributed by atoms with Gasteiger partial charge < -0.3 is 59.5 Å². The van der Waals surface area contributed by atoms with E-state index in [4.69, 9.17) is 79.1 Å². The van der Waals surface area contributed by atoms with Crippen molar-refractivity contribution in [1.82, 2.24) is 24.5 Å². The van der Waals surface area contributed by atoms with E-state index in [1.807, 2.05) is 177 Å². The van der Waals surface area contributed by atoms with E-state index in [1.165, 1.54) is 0 Å². The van der Waals surface area contributed by atoms with Gasteiger partial charge in [0.2, 0.25) is 0 Å². The number of amides is 5. The smallest absolute Gasteiger partial charge is 0.255 e. The van der Waals surface area contributed by atoms with Gasteiger partial charge in [0.15, 0.2) is 0 Å². The van der Waals surface area contributed by atoms with Crippen LogP contribution in [-0.4, -0.2) is 159 Å². The Hall–Kier alpha value is -9.31. The molecule has 5 amide bonds. The minimum atomic E-state index is -0.661. The quantitative estimate of drug-likeness (QED) is 0.0575. The number of nitrogens with zero attached hydrogens (tertiary/aromatic N) is 5. The molecule has 630 valence electrons. The Bertz CT molecular complexity index is 4950. The highest BCUT2D eigenvalue weighted by Crippen LogP contribution is 2.38. The van der Waals surface area contributed by atoms with Gasteiger partial charge in [-0.25, -0.2) is 0 Å². The van der Waals surface area contributed by atoms with E-state index < -0.39 is 30.5 Å². The number of halogens is 6. The summed E-state index contributed by atoms with van der Waals surface area (Å²) >= 11 is 36.0. The third-order valence-corrected chi connectivity index (χ3v) is 24.9. The van der Waals surface area contributed by atoms with E-state index in [9.17, 15) is 49.5 Å². The molecular weight excluding hydrogens is 1640 g/mol. The van der Waals surface area contributed by atoms with Gasteiger partial charge in [0.25, 0.3) is 29.5 Å². The Morgan fingerprint density at radius 2 is 0.575 bits per heavy atom. The molecule has 17 nitrogen and oxygen atoms in total. The van der Waals surface area contributed by atoms with Crippen LogP contribution in [0.1, 0.15) is 174 Å². The second kappa shape index (κ2) is 45.5. The fourth-order valence-electron chi connectivity index (χ4n) is 16.2. The normalized spacial score (nSPS) is 19.0. The lowest BCUT2D eigenvalue weighted by Gasteiger charge is -2.35. The number of ether oxygens (including phenoxy) is 2.